The fourth-order valence-corrected chi connectivity index (χ4v) is 19.9. The summed E-state index contributed by atoms with van der Waals surface area (Å²) in [7, 11) is 4.25. The van der Waals surface area contributed by atoms with Crippen molar-refractivity contribution >= 4 is 24.1 Å². The summed E-state index contributed by atoms with van der Waals surface area (Å²) in [5, 5.41) is 0. The average molecular weight is 424 g/mol. The second-order valence-corrected chi connectivity index (χ2v) is 21.4. The molecule has 1 aromatic rings. The third-order valence-electron chi connectivity index (χ3n) is 5.21. The van der Waals surface area contributed by atoms with Gasteiger partial charge >= 0.3 is 150 Å². The van der Waals surface area contributed by atoms with Crippen molar-refractivity contribution in [3.8, 4) is 0 Å². The Hall–Kier alpha value is -0.181. The van der Waals surface area contributed by atoms with Crippen LogP contribution < -0.4 is 4.90 Å². The Morgan fingerprint density at radius 3 is 1.52 bits per heavy atom. The van der Waals surface area contributed by atoms with Crippen molar-refractivity contribution in [3.63, 3.8) is 0 Å². The van der Waals surface area contributed by atoms with Gasteiger partial charge in [-0.3, -0.25) is 0 Å². The zero-order valence-corrected chi connectivity index (χ0v) is 19.2. The first-order chi connectivity index (χ1) is 11.1. The predicted molar refractivity (Wildman–Crippen MR) is 109 cm³/mol. The van der Waals surface area contributed by atoms with Crippen molar-refractivity contribution in [2.75, 3.05) is 19.0 Å². The van der Waals surface area contributed by atoms with Crippen LogP contribution in [0.15, 0.2) is 24.3 Å². The van der Waals surface area contributed by atoms with Gasteiger partial charge in [-0.15, -0.1) is 0 Å². The molecule has 0 radical (unpaired) electrons. The summed E-state index contributed by atoms with van der Waals surface area (Å²) in [6.07, 6.45) is 8.53. The van der Waals surface area contributed by atoms with E-state index in [1.807, 2.05) is 0 Å². The van der Waals surface area contributed by atoms with Crippen LogP contribution in [0.1, 0.15) is 64.9 Å². The van der Waals surface area contributed by atoms with Crippen molar-refractivity contribution < 1.29 is 0 Å². The van der Waals surface area contributed by atoms with Gasteiger partial charge in [0, 0.05) is 0 Å². The van der Waals surface area contributed by atoms with Gasteiger partial charge in [0.25, 0.3) is 0 Å². The predicted octanol–water partition coefficient (Wildman–Crippen LogP) is 6.68. The minimum absolute atomic E-state index is 1.32. The average Bonchev–Trinajstić information content (AvgIpc) is 2.56. The van der Waals surface area contributed by atoms with Gasteiger partial charge in [-0.1, -0.05) is 0 Å². The van der Waals surface area contributed by atoms with Gasteiger partial charge in [-0.05, 0) is 0 Å². The van der Waals surface area contributed by atoms with E-state index in [9.17, 15) is 0 Å². The topological polar surface area (TPSA) is 3.24 Å². The molecule has 0 aliphatic rings. The van der Waals surface area contributed by atoms with E-state index in [-0.39, 0.29) is 0 Å². The first-order valence-electron chi connectivity index (χ1n) is 9.83. The van der Waals surface area contributed by atoms with Crippen LogP contribution in [0.4, 0.5) is 5.69 Å². The third-order valence-corrected chi connectivity index (χ3v) is 20.6. The van der Waals surface area contributed by atoms with Gasteiger partial charge in [-0.2, -0.15) is 0 Å². The van der Waals surface area contributed by atoms with Gasteiger partial charge in [-0.25, -0.2) is 0 Å². The van der Waals surface area contributed by atoms with E-state index in [1.54, 1.807) is 18.9 Å². The Morgan fingerprint density at radius 2 is 1.17 bits per heavy atom. The molecule has 0 saturated heterocycles. The molecule has 0 unspecified atom stereocenters. The monoisotopic (exact) mass is 425 g/mol. The van der Waals surface area contributed by atoms with Crippen LogP contribution in [-0.2, 0) is 4.44 Å². The molecule has 0 N–H and O–H groups in total. The molecule has 2 heteroatoms. The van der Waals surface area contributed by atoms with E-state index in [0.29, 0.717) is 0 Å². The fourth-order valence-electron chi connectivity index (χ4n) is 3.64. The van der Waals surface area contributed by atoms with Crippen LogP contribution in [0, 0.1) is 0 Å². The second-order valence-electron chi connectivity index (χ2n) is 7.55. The van der Waals surface area contributed by atoms with Crippen LogP contribution in [0.25, 0.3) is 0 Å². The van der Waals surface area contributed by atoms with E-state index < -0.39 is 18.4 Å². The standard InChI is InChI=1S/C9H12N.3C4H9.Sn/c1-8-4-6-9(7-5-8)10(2)3;3*1-3-4-2;/h4-7H,1H2,2-3H3;3*1,3-4H2,2H3;. The Bertz CT molecular complexity index is 389. The van der Waals surface area contributed by atoms with E-state index >= 15 is 0 Å². The Labute approximate surface area is 149 Å². The molecule has 0 aliphatic heterocycles. The number of benzene rings is 1. The summed E-state index contributed by atoms with van der Waals surface area (Å²) in [4.78, 5) is 2.20. The number of nitrogens with zero attached hydrogens (tertiary/aromatic N) is 1. The van der Waals surface area contributed by atoms with E-state index in [0.717, 1.165) is 0 Å². The number of anilines is 1. The summed E-state index contributed by atoms with van der Waals surface area (Å²) in [6.45, 7) is 7.09. The van der Waals surface area contributed by atoms with Gasteiger partial charge in [0.15, 0.2) is 0 Å². The molecule has 1 aromatic carbocycles. The number of hydrogen-bond donors (Lipinski definition) is 0. The molecule has 132 valence electrons. The van der Waals surface area contributed by atoms with Crippen molar-refractivity contribution in [3.05, 3.63) is 29.8 Å². The summed E-state index contributed by atoms with van der Waals surface area (Å²) in [5.41, 5.74) is 2.94. The molecule has 0 aromatic heterocycles. The van der Waals surface area contributed by atoms with Crippen molar-refractivity contribution in [1.82, 2.24) is 0 Å². The molecular formula is C21H39NSn. The van der Waals surface area contributed by atoms with Crippen molar-refractivity contribution in [1.29, 1.82) is 0 Å². The zero-order chi connectivity index (χ0) is 17.1. The maximum absolute atomic E-state index is 2.41. The van der Waals surface area contributed by atoms with Crippen LogP contribution in [0.3, 0.4) is 0 Å². The van der Waals surface area contributed by atoms with Crippen LogP contribution in [-0.4, -0.2) is 32.5 Å². The summed E-state index contributed by atoms with van der Waals surface area (Å²) >= 11 is -2.02. The molecule has 1 nitrogen and oxygen atoms in total. The third kappa shape index (κ3) is 7.49. The van der Waals surface area contributed by atoms with E-state index in [4.69, 9.17) is 0 Å². The van der Waals surface area contributed by atoms with Gasteiger partial charge in [0.1, 0.15) is 0 Å². The van der Waals surface area contributed by atoms with E-state index in [1.165, 1.54) is 48.6 Å². The zero-order valence-electron chi connectivity index (χ0n) is 16.3. The molecule has 0 aliphatic carbocycles. The quantitative estimate of drug-likeness (QED) is 0.338. The first kappa shape index (κ1) is 20.9. The molecule has 0 spiro atoms. The molecule has 0 heterocycles. The molecule has 1 rings (SSSR count). The van der Waals surface area contributed by atoms with Crippen LogP contribution >= 0.6 is 0 Å². The van der Waals surface area contributed by atoms with Crippen molar-refractivity contribution in [2.24, 2.45) is 0 Å². The Balaban J connectivity index is 2.90. The SMILES string of the molecule is CCC[CH2][Sn]([CH2]CCC)([CH2]CCC)[CH2]c1ccc(N(C)C)cc1. The second kappa shape index (κ2) is 11.4. The first-order valence-corrected chi connectivity index (χ1v) is 17.9. The molecule has 0 fully saturated rings. The van der Waals surface area contributed by atoms with Crippen molar-refractivity contribution in [2.45, 2.75) is 77.0 Å². The maximum atomic E-state index is 2.41. The van der Waals surface area contributed by atoms with Gasteiger partial charge in [0.2, 0.25) is 0 Å². The minimum atomic E-state index is -2.02. The number of hydrogen-bond acceptors (Lipinski definition) is 1. The number of unbranched alkanes of at least 4 members (excludes halogenated alkanes) is 3. The molecule has 0 bridgehead atoms. The van der Waals surface area contributed by atoms with Gasteiger partial charge in [0.05, 0.1) is 0 Å². The Morgan fingerprint density at radius 1 is 0.739 bits per heavy atom. The normalized spacial score (nSPS) is 11.7. The Kier molecular flexibility index (Phi) is 10.3. The molecule has 0 atom stereocenters. The van der Waals surface area contributed by atoms with Gasteiger partial charge < -0.3 is 0 Å². The molecular weight excluding hydrogens is 385 g/mol. The summed E-state index contributed by atoms with van der Waals surface area (Å²) in [6, 6.07) is 9.44. The molecule has 23 heavy (non-hydrogen) atoms. The van der Waals surface area contributed by atoms with Crippen LogP contribution in [0.2, 0.25) is 13.3 Å². The molecule has 0 saturated carbocycles. The number of rotatable bonds is 12. The van der Waals surface area contributed by atoms with E-state index in [2.05, 4.69) is 64.0 Å². The van der Waals surface area contributed by atoms with Crippen LogP contribution in [0.5, 0.6) is 0 Å². The molecule has 0 amide bonds. The summed E-state index contributed by atoms with van der Waals surface area (Å²) in [5.74, 6) is 0. The summed E-state index contributed by atoms with van der Waals surface area (Å²) < 4.78 is 6.31. The fraction of sp³-hybridized carbons (Fsp3) is 0.714.